The minimum atomic E-state index is 0.804. The Kier molecular flexibility index (Phi) is 2.43. The van der Waals surface area contributed by atoms with Gasteiger partial charge in [0.2, 0.25) is 0 Å². The van der Waals surface area contributed by atoms with Gasteiger partial charge in [-0.25, -0.2) is 0 Å². The van der Waals surface area contributed by atoms with Crippen molar-refractivity contribution in [1.82, 2.24) is 0 Å². The highest BCUT2D eigenvalue weighted by Gasteiger charge is 2.15. The predicted molar refractivity (Wildman–Crippen MR) is 69.1 cm³/mol. The minimum absolute atomic E-state index is 0.804. The van der Waals surface area contributed by atoms with Crippen molar-refractivity contribution in [2.45, 2.75) is 19.3 Å². The lowest BCUT2D eigenvalue weighted by molar-refractivity contribution is 0.356. The molecule has 0 amide bonds. The average molecular weight is 228 g/mol. The first-order valence-electron chi connectivity index (χ1n) is 6.00. The van der Waals surface area contributed by atoms with Crippen LogP contribution in [0.5, 0.6) is 11.5 Å². The van der Waals surface area contributed by atoms with Crippen LogP contribution in [0.3, 0.4) is 0 Å². The van der Waals surface area contributed by atoms with Crippen LogP contribution >= 0.6 is 0 Å². The minimum Gasteiger partial charge on any atom is -0.493 e. The number of hydrogen-bond donors (Lipinski definition) is 0. The number of ether oxygens (including phenoxy) is 2. The molecule has 17 heavy (non-hydrogen) atoms. The monoisotopic (exact) mass is 228 g/mol. The molecule has 0 heterocycles. The zero-order valence-corrected chi connectivity index (χ0v) is 10.2. The fourth-order valence-electron chi connectivity index (χ4n) is 2.74. The van der Waals surface area contributed by atoms with Crippen LogP contribution in [0, 0.1) is 0 Å². The Bertz CT molecular complexity index is 573. The number of methoxy groups -OCH3 is 2. The summed E-state index contributed by atoms with van der Waals surface area (Å²) >= 11 is 0. The molecule has 1 aliphatic rings. The van der Waals surface area contributed by atoms with Crippen molar-refractivity contribution in [3.8, 4) is 11.5 Å². The smallest absolute Gasteiger partial charge is 0.161 e. The van der Waals surface area contributed by atoms with Gasteiger partial charge in [-0.05, 0) is 53.3 Å². The van der Waals surface area contributed by atoms with Crippen LogP contribution in [0.25, 0.3) is 10.8 Å². The van der Waals surface area contributed by atoms with Gasteiger partial charge < -0.3 is 9.47 Å². The van der Waals surface area contributed by atoms with Gasteiger partial charge in [-0.3, -0.25) is 0 Å². The molecule has 2 heteroatoms. The second-order valence-corrected chi connectivity index (χ2v) is 4.49. The first-order valence-corrected chi connectivity index (χ1v) is 6.00. The Hall–Kier alpha value is -1.70. The van der Waals surface area contributed by atoms with Crippen LogP contribution in [0.2, 0.25) is 0 Å². The van der Waals surface area contributed by atoms with E-state index in [1.54, 1.807) is 14.2 Å². The fraction of sp³-hybridized carbons (Fsp3) is 0.333. The maximum atomic E-state index is 5.38. The van der Waals surface area contributed by atoms with Crippen LogP contribution in [0.1, 0.15) is 17.5 Å². The summed E-state index contributed by atoms with van der Waals surface area (Å²) < 4.78 is 10.7. The molecule has 0 fully saturated rings. The van der Waals surface area contributed by atoms with Crippen LogP contribution in [-0.2, 0) is 12.8 Å². The lowest BCUT2D eigenvalue weighted by Crippen LogP contribution is -1.92. The number of fused-ring (bicyclic) bond motifs is 3. The third-order valence-corrected chi connectivity index (χ3v) is 3.61. The molecule has 0 spiro atoms. The van der Waals surface area contributed by atoms with Crippen molar-refractivity contribution in [2.24, 2.45) is 0 Å². The third-order valence-electron chi connectivity index (χ3n) is 3.61. The molecule has 88 valence electrons. The Morgan fingerprint density at radius 1 is 0.941 bits per heavy atom. The largest absolute Gasteiger partial charge is 0.493 e. The molecule has 1 aliphatic carbocycles. The van der Waals surface area contributed by atoms with Gasteiger partial charge in [0.1, 0.15) is 0 Å². The molecule has 2 aromatic rings. The molecule has 2 nitrogen and oxygen atoms in total. The van der Waals surface area contributed by atoms with Crippen molar-refractivity contribution in [3.05, 3.63) is 35.4 Å². The molecule has 0 unspecified atom stereocenters. The summed E-state index contributed by atoms with van der Waals surface area (Å²) in [5, 5.41) is 2.56. The summed E-state index contributed by atoms with van der Waals surface area (Å²) in [6.45, 7) is 0. The molecule has 0 bridgehead atoms. The summed E-state index contributed by atoms with van der Waals surface area (Å²) in [5.41, 5.74) is 2.98. The van der Waals surface area contributed by atoms with E-state index in [-0.39, 0.29) is 0 Å². The van der Waals surface area contributed by atoms with Crippen LogP contribution < -0.4 is 9.47 Å². The predicted octanol–water partition coefficient (Wildman–Crippen LogP) is 3.35. The quantitative estimate of drug-likeness (QED) is 0.784. The fourth-order valence-corrected chi connectivity index (χ4v) is 2.74. The van der Waals surface area contributed by atoms with E-state index >= 15 is 0 Å². The topological polar surface area (TPSA) is 18.5 Å². The Labute approximate surface area is 101 Å². The molecule has 0 saturated heterocycles. The number of aryl methyl sites for hydroxylation is 2. The number of rotatable bonds is 2. The van der Waals surface area contributed by atoms with Gasteiger partial charge >= 0.3 is 0 Å². The van der Waals surface area contributed by atoms with Gasteiger partial charge in [0, 0.05) is 0 Å². The van der Waals surface area contributed by atoms with E-state index in [0.717, 1.165) is 11.5 Å². The summed E-state index contributed by atoms with van der Waals surface area (Å²) in [4.78, 5) is 0. The zero-order valence-electron chi connectivity index (χ0n) is 10.2. The molecule has 0 saturated carbocycles. The lowest BCUT2D eigenvalue weighted by atomic mass is 10.0. The van der Waals surface area contributed by atoms with E-state index in [1.165, 1.54) is 41.2 Å². The summed E-state index contributed by atoms with van der Waals surface area (Å²) in [6.07, 6.45) is 3.66. The van der Waals surface area contributed by atoms with E-state index in [4.69, 9.17) is 9.47 Å². The lowest BCUT2D eigenvalue weighted by Gasteiger charge is -2.11. The second kappa shape index (κ2) is 3.95. The molecular formula is C15H16O2. The maximum Gasteiger partial charge on any atom is 0.161 e. The van der Waals surface area contributed by atoms with Crippen LogP contribution in [0.15, 0.2) is 24.3 Å². The summed E-state index contributed by atoms with van der Waals surface area (Å²) in [6, 6.07) is 8.60. The van der Waals surface area contributed by atoms with Crippen molar-refractivity contribution >= 4 is 10.8 Å². The van der Waals surface area contributed by atoms with Gasteiger partial charge in [-0.2, -0.15) is 0 Å². The summed E-state index contributed by atoms with van der Waals surface area (Å²) in [5.74, 6) is 1.62. The van der Waals surface area contributed by atoms with Gasteiger partial charge in [-0.1, -0.05) is 12.1 Å². The van der Waals surface area contributed by atoms with Gasteiger partial charge in [0.15, 0.2) is 11.5 Å². The first-order chi connectivity index (χ1) is 8.33. The highest BCUT2D eigenvalue weighted by atomic mass is 16.5. The van der Waals surface area contributed by atoms with Crippen molar-refractivity contribution < 1.29 is 9.47 Å². The molecular weight excluding hydrogens is 212 g/mol. The molecule has 0 N–H and O–H groups in total. The van der Waals surface area contributed by atoms with Gasteiger partial charge in [0.25, 0.3) is 0 Å². The van der Waals surface area contributed by atoms with Crippen molar-refractivity contribution in [3.63, 3.8) is 0 Å². The Morgan fingerprint density at radius 3 is 2.47 bits per heavy atom. The Morgan fingerprint density at radius 2 is 1.71 bits per heavy atom. The second-order valence-electron chi connectivity index (χ2n) is 4.49. The highest BCUT2D eigenvalue weighted by Crippen LogP contribution is 2.37. The highest BCUT2D eigenvalue weighted by molar-refractivity contribution is 5.90. The third kappa shape index (κ3) is 1.55. The molecule has 3 rings (SSSR count). The maximum absolute atomic E-state index is 5.38. The van der Waals surface area contributed by atoms with E-state index in [1.807, 2.05) is 0 Å². The van der Waals surface area contributed by atoms with Crippen molar-refractivity contribution in [1.29, 1.82) is 0 Å². The van der Waals surface area contributed by atoms with Gasteiger partial charge in [-0.15, -0.1) is 0 Å². The summed E-state index contributed by atoms with van der Waals surface area (Å²) in [7, 11) is 3.36. The van der Waals surface area contributed by atoms with E-state index in [0.29, 0.717) is 0 Å². The first kappa shape index (κ1) is 10.5. The molecule has 0 atom stereocenters. The van der Waals surface area contributed by atoms with E-state index in [9.17, 15) is 0 Å². The normalized spacial score (nSPS) is 13.8. The van der Waals surface area contributed by atoms with E-state index in [2.05, 4.69) is 24.3 Å². The van der Waals surface area contributed by atoms with Crippen LogP contribution in [0.4, 0.5) is 0 Å². The molecule has 2 aromatic carbocycles. The molecule has 0 aromatic heterocycles. The van der Waals surface area contributed by atoms with Crippen molar-refractivity contribution in [2.75, 3.05) is 14.2 Å². The molecule has 0 aliphatic heterocycles. The number of benzene rings is 2. The number of hydrogen-bond acceptors (Lipinski definition) is 2. The zero-order chi connectivity index (χ0) is 11.8. The SMILES string of the molecule is COc1cc2ccc3c(c2cc1OC)CCC3. The van der Waals surface area contributed by atoms with E-state index < -0.39 is 0 Å². The Balaban J connectivity index is 2.30. The average Bonchev–Trinajstić information content (AvgIpc) is 2.85. The molecule has 0 radical (unpaired) electrons. The van der Waals surface area contributed by atoms with Gasteiger partial charge in [0.05, 0.1) is 14.2 Å². The van der Waals surface area contributed by atoms with Crippen LogP contribution in [-0.4, -0.2) is 14.2 Å². The standard InChI is InChI=1S/C15H16O2/c1-16-14-8-11-7-6-10-4-3-5-12(10)13(11)9-15(14)17-2/h6-9H,3-5H2,1-2H3.